The standard InChI is InChI=1S/C14H19NOS/c1-9(8-16)15-11(3)14-10(2)12-6-4-5-7-13(12)17-14/h4-7,9,11,15-16H,8H2,1-3H3. The molecule has 0 bridgehead atoms. The summed E-state index contributed by atoms with van der Waals surface area (Å²) >= 11 is 1.84. The van der Waals surface area contributed by atoms with E-state index in [0.717, 1.165) is 0 Å². The fourth-order valence-electron chi connectivity index (χ4n) is 2.16. The van der Waals surface area contributed by atoms with Crippen molar-refractivity contribution in [3.8, 4) is 0 Å². The molecule has 0 radical (unpaired) electrons. The predicted molar refractivity (Wildman–Crippen MR) is 74.7 cm³/mol. The van der Waals surface area contributed by atoms with Crippen LogP contribution in [0, 0.1) is 6.92 Å². The quantitative estimate of drug-likeness (QED) is 0.872. The average Bonchev–Trinajstić information content (AvgIpc) is 2.67. The number of benzene rings is 1. The van der Waals surface area contributed by atoms with Gasteiger partial charge in [-0.2, -0.15) is 0 Å². The maximum absolute atomic E-state index is 9.08. The van der Waals surface area contributed by atoms with E-state index >= 15 is 0 Å². The van der Waals surface area contributed by atoms with Gasteiger partial charge in [0.25, 0.3) is 0 Å². The maximum atomic E-state index is 9.08. The van der Waals surface area contributed by atoms with Crippen LogP contribution in [0.5, 0.6) is 0 Å². The Labute approximate surface area is 106 Å². The molecule has 2 N–H and O–H groups in total. The Morgan fingerprint density at radius 2 is 2.00 bits per heavy atom. The molecule has 92 valence electrons. The van der Waals surface area contributed by atoms with E-state index < -0.39 is 0 Å². The van der Waals surface area contributed by atoms with Crippen LogP contribution in [0.4, 0.5) is 0 Å². The van der Waals surface area contributed by atoms with Crippen LogP contribution in [0.15, 0.2) is 24.3 Å². The molecule has 0 aliphatic rings. The summed E-state index contributed by atoms with van der Waals surface area (Å²) in [6.45, 7) is 6.51. The van der Waals surface area contributed by atoms with E-state index in [1.54, 1.807) is 0 Å². The number of nitrogens with one attached hydrogen (secondary N) is 1. The van der Waals surface area contributed by atoms with Gasteiger partial charge in [-0.15, -0.1) is 11.3 Å². The van der Waals surface area contributed by atoms with Crippen molar-refractivity contribution in [2.45, 2.75) is 32.9 Å². The minimum absolute atomic E-state index is 0.134. The molecule has 3 heteroatoms. The monoisotopic (exact) mass is 249 g/mol. The van der Waals surface area contributed by atoms with Gasteiger partial charge in [-0.1, -0.05) is 18.2 Å². The van der Waals surface area contributed by atoms with Crippen molar-refractivity contribution in [2.24, 2.45) is 0 Å². The molecular formula is C14H19NOS. The number of aliphatic hydroxyl groups is 1. The zero-order valence-electron chi connectivity index (χ0n) is 10.5. The highest BCUT2D eigenvalue weighted by Gasteiger charge is 2.15. The molecule has 0 aliphatic carbocycles. The van der Waals surface area contributed by atoms with Crippen LogP contribution < -0.4 is 5.32 Å². The molecule has 0 amide bonds. The van der Waals surface area contributed by atoms with Crippen LogP contribution in [0.3, 0.4) is 0 Å². The third-order valence-electron chi connectivity index (χ3n) is 3.08. The molecule has 2 aromatic rings. The number of thiophene rings is 1. The van der Waals surface area contributed by atoms with E-state index in [1.165, 1.54) is 20.5 Å². The lowest BCUT2D eigenvalue weighted by molar-refractivity contribution is 0.243. The van der Waals surface area contributed by atoms with Gasteiger partial charge in [-0.3, -0.25) is 0 Å². The maximum Gasteiger partial charge on any atom is 0.0582 e. The topological polar surface area (TPSA) is 32.3 Å². The fraction of sp³-hybridized carbons (Fsp3) is 0.429. The van der Waals surface area contributed by atoms with Crippen molar-refractivity contribution < 1.29 is 5.11 Å². The molecular weight excluding hydrogens is 230 g/mol. The average molecular weight is 249 g/mol. The van der Waals surface area contributed by atoms with Crippen LogP contribution in [-0.4, -0.2) is 17.8 Å². The Bertz CT molecular complexity index is 506. The van der Waals surface area contributed by atoms with E-state index in [4.69, 9.17) is 5.11 Å². The molecule has 17 heavy (non-hydrogen) atoms. The van der Waals surface area contributed by atoms with Crippen molar-refractivity contribution in [2.75, 3.05) is 6.61 Å². The smallest absolute Gasteiger partial charge is 0.0582 e. The first-order chi connectivity index (χ1) is 8.13. The third-order valence-corrected chi connectivity index (χ3v) is 4.54. The number of hydrogen-bond donors (Lipinski definition) is 2. The molecule has 2 nitrogen and oxygen atoms in total. The molecule has 1 heterocycles. The van der Waals surface area contributed by atoms with E-state index in [2.05, 4.69) is 43.4 Å². The van der Waals surface area contributed by atoms with Gasteiger partial charge < -0.3 is 10.4 Å². The third kappa shape index (κ3) is 2.51. The highest BCUT2D eigenvalue weighted by atomic mass is 32.1. The summed E-state index contributed by atoms with van der Waals surface area (Å²) < 4.78 is 1.34. The molecule has 2 unspecified atom stereocenters. The van der Waals surface area contributed by atoms with Crippen LogP contribution in [0.1, 0.15) is 30.3 Å². The highest BCUT2D eigenvalue weighted by molar-refractivity contribution is 7.19. The van der Waals surface area contributed by atoms with E-state index in [0.29, 0.717) is 0 Å². The molecule has 0 aliphatic heterocycles. The van der Waals surface area contributed by atoms with Crippen molar-refractivity contribution in [1.29, 1.82) is 0 Å². The number of hydrogen-bond acceptors (Lipinski definition) is 3. The fourth-order valence-corrected chi connectivity index (χ4v) is 3.38. The van der Waals surface area contributed by atoms with Crippen LogP contribution in [0.2, 0.25) is 0 Å². The van der Waals surface area contributed by atoms with E-state index in [9.17, 15) is 0 Å². The lowest BCUT2D eigenvalue weighted by Crippen LogP contribution is -2.31. The first-order valence-corrected chi connectivity index (χ1v) is 6.80. The van der Waals surface area contributed by atoms with Gasteiger partial charge in [0.1, 0.15) is 0 Å². The lowest BCUT2D eigenvalue weighted by atomic mass is 10.1. The molecule has 1 aromatic heterocycles. The van der Waals surface area contributed by atoms with Gasteiger partial charge in [0.15, 0.2) is 0 Å². The van der Waals surface area contributed by atoms with Crippen molar-refractivity contribution >= 4 is 21.4 Å². The SMILES string of the molecule is Cc1c(C(C)NC(C)CO)sc2ccccc12. The first kappa shape index (κ1) is 12.6. The number of aryl methyl sites for hydroxylation is 1. The Morgan fingerprint density at radius 1 is 1.29 bits per heavy atom. The Balaban J connectivity index is 2.32. The van der Waals surface area contributed by atoms with Gasteiger partial charge in [0, 0.05) is 21.7 Å². The molecule has 1 aromatic carbocycles. The number of rotatable bonds is 4. The molecule has 0 saturated heterocycles. The zero-order valence-corrected chi connectivity index (χ0v) is 11.3. The van der Waals surface area contributed by atoms with Crippen molar-refractivity contribution in [3.05, 3.63) is 34.7 Å². The predicted octanol–water partition coefficient (Wildman–Crippen LogP) is 3.24. The molecule has 2 atom stereocenters. The molecule has 0 saturated carbocycles. The second-order valence-electron chi connectivity index (χ2n) is 4.56. The minimum atomic E-state index is 0.134. The molecule has 0 spiro atoms. The molecule has 0 fully saturated rings. The van der Waals surface area contributed by atoms with Gasteiger partial charge >= 0.3 is 0 Å². The van der Waals surface area contributed by atoms with Crippen LogP contribution in [-0.2, 0) is 0 Å². The number of fused-ring (bicyclic) bond motifs is 1. The second kappa shape index (κ2) is 5.17. The van der Waals surface area contributed by atoms with Gasteiger partial charge in [0.2, 0.25) is 0 Å². The number of aliphatic hydroxyl groups excluding tert-OH is 1. The molecule has 2 rings (SSSR count). The second-order valence-corrected chi connectivity index (χ2v) is 5.64. The van der Waals surface area contributed by atoms with Crippen molar-refractivity contribution in [3.63, 3.8) is 0 Å². The summed E-state index contributed by atoms with van der Waals surface area (Å²) in [6, 6.07) is 8.92. The van der Waals surface area contributed by atoms with Gasteiger partial charge in [0.05, 0.1) is 6.61 Å². The zero-order chi connectivity index (χ0) is 12.4. The van der Waals surface area contributed by atoms with Crippen LogP contribution in [0.25, 0.3) is 10.1 Å². The summed E-state index contributed by atoms with van der Waals surface area (Å²) in [5.41, 5.74) is 1.36. The lowest BCUT2D eigenvalue weighted by Gasteiger charge is -2.17. The Hall–Kier alpha value is -0.900. The highest BCUT2D eigenvalue weighted by Crippen LogP contribution is 2.34. The minimum Gasteiger partial charge on any atom is -0.395 e. The van der Waals surface area contributed by atoms with E-state index in [-0.39, 0.29) is 18.7 Å². The summed E-state index contributed by atoms with van der Waals surface area (Å²) in [7, 11) is 0. The van der Waals surface area contributed by atoms with Crippen LogP contribution >= 0.6 is 11.3 Å². The van der Waals surface area contributed by atoms with Crippen molar-refractivity contribution in [1.82, 2.24) is 5.32 Å². The normalized spacial score (nSPS) is 15.1. The first-order valence-electron chi connectivity index (χ1n) is 5.98. The Morgan fingerprint density at radius 3 is 2.65 bits per heavy atom. The largest absolute Gasteiger partial charge is 0.395 e. The van der Waals surface area contributed by atoms with Gasteiger partial charge in [-0.05, 0) is 37.8 Å². The summed E-state index contributed by atoms with van der Waals surface area (Å²) in [5.74, 6) is 0. The van der Waals surface area contributed by atoms with E-state index in [1.807, 2.05) is 18.3 Å². The summed E-state index contributed by atoms with van der Waals surface area (Å²) in [6.07, 6.45) is 0. The summed E-state index contributed by atoms with van der Waals surface area (Å²) in [4.78, 5) is 1.37. The van der Waals surface area contributed by atoms with Gasteiger partial charge in [-0.25, -0.2) is 0 Å². The summed E-state index contributed by atoms with van der Waals surface area (Å²) in [5, 5.41) is 13.8. The Kier molecular flexibility index (Phi) is 3.82.